The summed E-state index contributed by atoms with van der Waals surface area (Å²) in [5.41, 5.74) is 1.34. The molecule has 0 bridgehead atoms. The Morgan fingerprint density at radius 2 is 1.69 bits per heavy atom. The van der Waals surface area contributed by atoms with Crippen LogP contribution in [-0.4, -0.2) is 57.4 Å². The lowest BCUT2D eigenvalue weighted by Crippen LogP contribution is -2.33. The molecular formula is C26H27N3O6. The molecule has 1 aliphatic heterocycles. The molecule has 1 aliphatic rings. The summed E-state index contributed by atoms with van der Waals surface area (Å²) in [5, 5.41) is 5.66. The van der Waals surface area contributed by atoms with Gasteiger partial charge in [-0.25, -0.2) is 0 Å². The van der Waals surface area contributed by atoms with E-state index < -0.39 is 0 Å². The number of ether oxygens (including phenoxy) is 4. The van der Waals surface area contributed by atoms with E-state index in [1.807, 2.05) is 36.2 Å². The van der Waals surface area contributed by atoms with Crippen LogP contribution in [0.1, 0.15) is 10.4 Å². The molecule has 0 saturated heterocycles. The molecule has 0 saturated carbocycles. The second-order valence-corrected chi connectivity index (χ2v) is 7.85. The van der Waals surface area contributed by atoms with E-state index in [0.29, 0.717) is 53.1 Å². The molecule has 9 heteroatoms. The summed E-state index contributed by atoms with van der Waals surface area (Å²) < 4.78 is 21.7. The number of amides is 2. The van der Waals surface area contributed by atoms with E-state index >= 15 is 0 Å². The fraction of sp³-hybridized carbons (Fsp3) is 0.231. The Balaban J connectivity index is 1.30. The largest absolute Gasteiger partial charge is 0.493 e. The van der Waals surface area contributed by atoms with Gasteiger partial charge in [-0.1, -0.05) is 24.3 Å². The van der Waals surface area contributed by atoms with Crippen LogP contribution in [0.4, 0.5) is 11.4 Å². The molecule has 0 radical (unpaired) electrons. The Morgan fingerprint density at radius 1 is 0.943 bits per heavy atom. The van der Waals surface area contributed by atoms with Gasteiger partial charge in [-0.3, -0.25) is 14.5 Å². The number of hydrogen-bond donors (Lipinski definition) is 2. The number of likely N-dealkylation sites (N-methyl/N-ethyl adjacent to an activating group) is 1. The van der Waals surface area contributed by atoms with Gasteiger partial charge in [0.2, 0.25) is 12.7 Å². The normalized spacial score (nSPS) is 11.7. The van der Waals surface area contributed by atoms with Crippen molar-refractivity contribution in [3.63, 3.8) is 0 Å². The van der Waals surface area contributed by atoms with Crippen molar-refractivity contribution in [2.45, 2.75) is 0 Å². The molecule has 0 spiro atoms. The third-order valence-corrected chi connectivity index (χ3v) is 5.29. The topological polar surface area (TPSA) is 98.4 Å². The third kappa shape index (κ3) is 6.21. The molecule has 0 unspecified atom stereocenters. The molecule has 9 nitrogen and oxygen atoms in total. The number of carbonyl (C=O) groups excluding carboxylic acids is 2. The molecule has 0 aliphatic carbocycles. The van der Waals surface area contributed by atoms with Crippen LogP contribution in [0.5, 0.6) is 23.0 Å². The van der Waals surface area contributed by atoms with Crippen LogP contribution in [-0.2, 0) is 4.79 Å². The van der Waals surface area contributed by atoms with Crippen molar-refractivity contribution < 1.29 is 28.5 Å². The average molecular weight is 478 g/mol. The minimum atomic E-state index is -0.349. The van der Waals surface area contributed by atoms with Crippen molar-refractivity contribution >= 4 is 23.2 Å². The van der Waals surface area contributed by atoms with Gasteiger partial charge in [0, 0.05) is 18.3 Å². The number of nitrogens with zero attached hydrogens (tertiary/aromatic N) is 1. The van der Waals surface area contributed by atoms with E-state index in [1.54, 1.807) is 49.6 Å². The van der Waals surface area contributed by atoms with E-state index in [9.17, 15) is 9.59 Å². The van der Waals surface area contributed by atoms with Crippen molar-refractivity contribution in [3.05, 3.63) is 72.3 Å². The molecular weight excluding hydrogens is 450 g/mol. The number of carbonyl (C=O) groups is 2. The summed E-state index contributed by atoms with van der Waals surface area (Å²) in [5.74, 6) is 1.92. The van der Waals surface area contributed by atoms with Crippen LogP contribution in [0.3, 0.4) is 0 Å². The van der Waals surface area contributed by atoms with Gasteiger partial charge in [-0.2, -0.15) is 0 Å². The molecule has 182 valence electrons. The molecule has 1 heterocycles. The minimum Gasteiger partial charge on any atom is -0.493 e. The monoisotopic (exact) mass is 477 g/mol. The molecule has 3 aromatic rings. The second-order valence-electron chi connectivity index (χ2n) is 7.85. The number of para-hydroxylation sites is 3. The maximum atomic E-state index is 12.9. The SMILES string of the molecule is COc1ccccc1OCCN(C)CC(=O)Nc1ccccc1C(=O)Nc1ccc2c(c1)OCO2. The number of methoxy groups -OCH3 is 1. The zero-order valence-electron chi connectivity index (χ0n) is 19.6. The maximum Gasteiger partial charge on any atom is 0.257 e. The highest BCUT2D eigenvalue weighted by atomic mass is 16.7. The van der Waals surface area contributed by atoms with E-state index in [-0.39, 0.29) is 25.2 Å². The van der Waals surface area contributed by atoms with Gasteiger partial charge < -0.3 is 29.6 Å². The Hall–Kier alpha value is -4.24. The molecule has 0 aromatic heterocycles. The second kappa shape index (κ2) is 11.3. The van der Waals surface area contributed by atoms with Crippen molar-refractivity contribution in [1.29, 1.82) is 0 Å². The zero-order chi connectivity index (χ0) is 24.6. The van der Waals surface area contributed by atoms with E-state index in [0.717, 1.165) is 0 Å². The van der Waals surface area contributed by atoms with Crippen molar-refractivity contribution in [3.8, 4) is 23.0 Å². The quantitative estimate of drug-likeness (QED) is 0.460. The summed E-state index contributed by atoms with van der Waals surface area (Å²) in [6, 6.07) is 19.4. The molecule has 3 aromatic carbocycles. The highest BCUT2D eigenvalue weighted by Crippen LogP contribution is 2.34. The van der Waals surface area contributed by atoms with Crippen molar-refractivity contribution in [1.82, 2.24) is 4.90 Å². The number of rotatable bonds is 10. The lowest BCUT2D eigenvalue weighted by atomic mass is 10.1. The summed E-state index contributed by atoms with van der Waals surface area (Å²) in [6.07, 6.45) is 0. The van der Waals surface area contributed by atoms with Gasteiger partial charge in [-0.05, 0) is 43.4 Å². The molecule has 2 N–H and O–H groups in total. The van der Waals surface area contributed by atoms with Gasteiger partial charge in [0.1, 0.15) is 6.61 Å². The van der Waals surface area contributed by atoms with Crippen LogP contribution < -0.4 is 29.6 Å². The number of benzene rings is 3. The van der Waals surface area contributed by atoms with Crippen molar-refractivity contribution in [2.24, 2.45) is 0 Å². The van der Waals surface area contributed by atoms with Gasteiger partial charge in [0.05, 0.1) is 24.9 Å². The first-order valence-electron chi connectivity index (χ1n) is 11.1. The lowest BCUT2D eigenvalue weighted by Gasteiger charge is -2.18. The molecule has 0 fully saturated rings. The highest BCUT2D eigenvalue weighted by Gasteiger charge is 2.17. The predicted octanol–water partition coefficient (Wildman–Crippen LogP) is 3.63. The Kier molecular flexibility index (Phi) is 7.69. The Bertz CT molecular complexity index is 1200. The van der Waals surface area contributed by atoms with E-state index in [2.05, 4.69) is 10.6 Å². The van der Waals surface area contributed by atoms with Gasteiger partial charge >= 0.3 is 0 Å². The number of anilines is 2. The fourth-order valence-electron chi connectivity index (χ4n) is 3.53. The summed E-state index contributed by atoms with van der Waals surface area (Å²) in [7, 11) is 3.41. The van der Waals surface area contributed by atoms with E-state index in [4.69, 9.17) is 18.9 Å². The van der Waals surface area contributed by atoms with Crippen LogP contribution in [0.2, 0.25) is 0 Å². The van der Waals surface area contributed by atoms with Crippen LogP contribution in [0.15, 0.2) is 66.7 Å². The Labute approximate surface area is 203 Å². The highest BCUT2D eigenvalue weighted by molar-refractivity contribution is 6.10. The number of fused-ring (bicyclic) bond motifs is 1. The smallest absolute Gasteiger partial charge is 0.257 e. The lowest BCUT2D eigenvalue weighted by molar-refractivity contribution is -0.117. The fourth-order valence-corrected chi connectivity index (χ4v) is 3.53. The van der Waals surface area contributed by atoms with Crippen LogP contribution in [0.25, 0.3) is 0 Å². The maximum absolute atomic E-state index is 12.9. The average Bonchev–Trinajstić information content (AvgIpc) is 3.32. The minimum absolute atomic E-state index is 0.132. The molecule has 0 atom stereocenters. The summed E-state index contributed by atoms with van der Waals surface area (Å²) >= 11 is 0. The van der Waals surface area contributed by atoms with Gasteiger partial charge in [0.15, 0.2) is 23.0 Å². The Morgan fingerprint density at radius 3 is 2.51 bits per heavy atom. The summed E-state index contributed by atoms with van der Waals surface area (Å²) in [6.45, 7) is 1.20. The standard InChI is InChI=1S/C26H27N3O6/c1-29(13-14-33-22-10-6-5-9-21(22)32-2)16-25(30)28-20-8-4-3-7-19(20)26(31)27-18-11-12-23-24(15-18)35-17-34-23/h3-12,15H,13-14,16-17H2,1-2H3,(H,27,31)(H,28,30). The first kappa shape index (κ1) is 23.9. The van der Waals surface area contributed by atoms with E-state index in [1.165, 1.54) is 0 Å². The number of nitrogens with one attached hydrogen (secondary N) is 2. The predicted molar refractivity (Wildman–Crippen MR) is 132 cm³/mol. The van der Waals surface area contributed by atoms with Gasteiger partial charge in [-0.15, -0.1) is 0 Å². The van der Waals surface area contributed by atoms with Gasteiger partial charge in [0.25, 0.3) is 5.91 Å². The molecule has 2 amide bonds. The first-order chi connectivity index (χ1) is 17.0. The number of hydrogen-bond acceptors (Lipinski definition) is 7. The van der Waals surface area contributed by atoms with Crippen molar-refractivity contribution in [2.75, 3.05) is 51.3 Å². The zero-order valence-corrected chi connectivity index (χ0v) is 19.6. The summed E-state index contributed by atoms with van der Waals surface area (Å²) in [4.78, 5) is 27.4. The van der Waals surface area contributed by atoms with Crippen LogP contribution in [0, 0.1) is 0 Å². The van der Waals surface area contributed by atoms with Crippen LogP contribution >= 0.6 is 0 Å². The third-order valence-electron chi connectivity index (χ3n) is 5.29. The molecule has 4 rings (SSSR count). The first-order valence-corrected chi connectivity index (χ1v) is 11.1. The molecule has 35 heavy (non-hydrogen) atoms.